The minimum absolute atomic E-state index is 0.0822. The first-order valence-electron chi connectivity index (χ1n) is 17.2. The molecule has 0 N–H and O–H groups in total. The summed E-state index contributed by atoms with van der Waals surface area (Å²) in [7, 11) is 0. The van der Waals surface area contributed by atoms with Gasteiger partial charge in [0.05, 0.1) is 22.4 Å². The molecule has 1 aliphatic carbocycles. The van der Waals surface area contributed by atoms with E-state index in [2.05, 4.69) is 170 Å². The smallest absolute Gasteiger partial charge is 0.137 e. The third-order valence-corrected chi connectivity index (χ3v) is 10.6. The number of rotatable bonds is 4. The number of hydrogen-bond acceptors (Lipinski definition) is 2. The fourth-order valence-corrected chi connectivity index (χ4v) is 8.23. The minimum atomic E-state index is -0.0822. The molecule has 1 aliphatic rings. The lowest BCUT2D eigenvalue weighted by Gasteiger charge is -2.23. The van der Waals surface area contributed by atoms with E-state index >= 15 is 0 Å². The van der Waals surface area contributed by atoms with Crippen molar-refractivity contribution in [3.05, 3.63) is 175 Å². The summed E-state index contributed by atoms with van der Waals surface area (Å²) in [5.74, 6) is 0.885. The van der Waals surface area contributed by atoms with Crippen molar-refractivity contribution < 1.29 is 0 Å². The molecule has 50 heavy (non-hydrogen) atoms. The topological polar surface area (TPSA) is 30.7 Å². The van der Waals surface area contributed by atoms with Crippen LogP contribution in [0.15, 0.2) is 164 Å². The number of nitrogens with zero attached hydrogens (tertiary/aromatic N) is 3. The lowest BCUT2D eigenvalue weighted by molar-refractivity contribution is 0.666. The molecule has 0 fully saturated rings. The monoisotopic (exact) mass is 639 g/mol. The third-order valence-electron chi connectivity index (χ3n) is 10.6. The van der Waals surface area contributed by atoms with E-state index in [0.29, 0.717) is 0 Å². The van der Waals surface area contributed by atoms with Gasteiger partial charge in [0.25, 0.3) is 0 Å². The van der Waals surface area contributed by atoms with Crippen LogP contribution < -0.4 is 0 Å². The van der Waals surface area contributed by atoms with E-state index in [1.54, 1.807) is 0 Å². The Labute approximate surface area is 291 Å². The Kier molecular flexibility index (Phi) is 6.22. The van der Waals surface area contributed by atoms with E-state index in [-0.39, 0.29) is 5.41 Å². The number of para-hydroxylation sites is 1. The van der Waals surface area contributed by atoms with E-state index < -0.39 is 0 Å². The maximum atomic E-state index is 5.13. The fraction of sp³-hybridized carbons (Fsp3) is 0.0638. The van der Waals surface area contributed by atoms with E-state index in [0.717, 1.165) is 50.5 Å². The molecule has 3 heteroatoms. The van der Waals surface area contributed by atoms with Gasteiger partial charge in [-0.15, -0.1) is 0 Å². The summed E-state index contributed by atoms with van der Waals surface area (Å²) in [6.07, 6.45) is 1.97. The molecule has 0 atom stereocenters. The van der Waals surface area contributed by atoms with Crippen LogP contribution in [-0.4, -0.2) is 14.5 Å². The Morgan fingerprint density at radius 2 is 1.18 bits per heavy atom. The van der Waals surface area contributed by atoms with Crippen molar-refractivity contribution in [2.24, 2.45) is 0 Å². The second-order valence-corrected chi connectivity index (χ2v) is 13.9. The molecule has 0 saturated heterocycles. The van der Waals surface area contributed by atoms with Crippen molar-refractivity contribution in [1.29, 1.82) is 0 Å². The van der Waals surface area contributed by atoms with Gasteiger partial charge < -0.3 is 0 Å². The summed E-state index contributed by atoms with van der Waals surface area (Å²) in [5.41, 5.74) is 13.9. The Hall–Kier alpha value is -6.32. The molecule has 0 spiro atoms. The SMILES string of the molecule is CC1(C)c2ccccc2-c2ccc3cc4c(cc3c21)c1ccccc1n4-c1ccc(-c2cc(-c3ccccc3)cc(-c3ccccc3)n2)cn1. The largest absolute Gasteiger partial charge is 0.294 e. The highest BCUT2D eigenvalue weighted by Crippen LogP contribution is 2.52. The van der Waals surface area contributed by atoms with Crippen molar-refractivity contribution in [2.75, 3.05) is 0 Å². The Morgan fingerprint density at radius 1 is 0.480 bits per heavy atom. The van der Waals surface area contributed by atoms with Crippen LogP contribution in [0.4, 0.5) is 0 Å². The van der Waals surface area contributed by atoms with Gasteiger partial charge >= 0.3 is 0 Å². The zero-order chi connectivity index (χ0) is 33.4. The van der Waals surface area contributed by atoms with Crippen molar-refractivity contribution in [3.63, 3.8) is 0 Å². The molecule has 236 valence electrons. The Bertz CT molecular complexity index is 2700. The molecule has 3 heterocycles. The van der Waals surface area contributed by atoms with Gasteiger partial charge in [-0.25, -0.2) is 9.97 Å². The number of aromatic nitrogens is 3. The molecule has 0 aliphatic heterocycles. The molecule has 3 nitrogen and oxygen atoms in total. The van der Waals surface area contributed by atoms with Gasteiger partial charge in [0, 0.05) is 33.5 Å². The number of fused-ring (bicyclic) bond motifs is 8. The first-order valence-corrected chi connectivity index (χ1v) is 17.2. The lowest BCUT2D eigenvalue weighted by Crippen LogP contribution is -2.15. The van der Waals surface area contributed by atoms with Crippen LogP contribution in [0.2, 0.25) is 0 Å². The van der Waals surface area contributed by atoms with Crippen LogP contribution in [0.5, 0.6) is 0 Å². The van der Waals surface area contributed by atoms with E-state index in [4.69, 9.17) is 9.97 Å². The molecule has 0 unspecified atom stereocenters. The zero-order valence-electron chi connectivity index (χ0n) is 27.9. The molecule has 0 saturated carbocycles. The molecule has 0 bridgehead atoms. The van der Waals surface area contributed by atoms with Crippen LogP contribution in [0.3, 0.4) is 0 Å². The van der Waals surface area contributed by atoms with Gasteiger partial charge in [0.15, 0.2) is 0 Å². The van der Waals surface area contributed by atoms with E-state index in [1.807, 2.05) is 12.3 Å². The molecular formula is C47H33N3. The molecular weight excluding hydrogens is 607 g/mol. The van der Waals surface area contributed by atoms with Gasteiger partial charge in [-0.05, 0) is 86.6 Å². The van der Waals surface area contributed by atoms with Gasteiger partial charge in [0.1, 0.15) is 5.82 Å². The summed E-state index contributed by atoms with van der Waals surface area (Å²) < 4.78 is 2.31. The van der Waals surface area contributed by atoms with Gasteiger partial charge in [0.2, 0.25) is 0 Å². The highest BCUT2D eigenvalue weighted by atomic mass is 15.1. The molecule has 3 aromatic heterocycles. The van der Waals surface area contributed by atoms with E-state index in [1.165, 1.54) is 43.8 Å². The minimum Gasteiger partial charge on any atom is -0.294 e. The van der Waals surface area contributed by atoms with Crippen molar-refractivity contribution in [3.8, 4) is 50.6 Å². The molecule has 0 radical (unpaired) electrons. The Morgan fingerprint density at radius 3 is 1.96 bits per heavy atom. The Balaban J connectivity index is 1.13. The zero-order valence-corrected chi connectivity index (χ0v) is 27.9. The standard InChI is InChI=1S/C47H33N3/c1-47(2)40-19-11-9-17-35(40)37-23-21-32-27-44-39(28-38(32)46(37)47)36-18-10-12-20-43(36)50(44)45-24-22-33(29-48-45)42-26-34(30-13-5-3-6-14-30)25-41(49-42)31-15-7-4-8-16-31/h3-29H,1-2H3. The lowest BCUT2D eigenvalue weighted by atomic mass is 9.80. The van der Waals surface area contributed by atoms with E-state index in [9.17, 15) is 0 Å². The molecule has 9 aromatic rings. The van der Waals surface area contributed by atoms with Gasteiger partial charge in [-0.1, -0.05) is 129 Å². The maximum absolute atomic E-state index is 5.13. The van der Waals surface area contributed by atoms with Crippen LogP contribution in [0, 0.1) is 0 Å². The summed E-state index contributed by atoms with van der Waals surface area (Å²) >= 11 is 0. The molecule has 6 aromatic carbocycles. The molecule has 10 rings (SSSR count). The molecule has 0 amide bonds. The first-order chi connectivity index (χ1) is 24.5. The van der Waals surface area contributed by atoms with Crippen LogP contribution >= 0.6 is 0 Å². The number of pyridine rings is 2. The van der Waals surface area contributed by atoms with Crippen molar-refractivity contribution in [1.82, 2.24) is 14.5 Å². The highest BCUT2D eigenvalue weighted by Gasteiger charge is 2.36. The average Bonchev–Trinajstić information content (AvgIpc) is 3.62. The number of hydrogen-bond donors (Lipinski definition) is 0. The highest BCUT2D eigenvalue weighted by molar-refractivity contribution is 6.15. The quantitative estimate of drug-likeness (QED) is 0.192. The predicted octanol–water partition coefficient (Wildman–Crippen LogP) is 12.0. The second-order valence-electron chi connectivity index (χ2n) is 13.9. The third kappa shape index (κ3) is 4.30. The van der Waals surface area contributed by atoms with Crippen molar-refractivity contribution >= 4 is 32.6 Å². The fourth-order valence-electron chi connectivity index (χ4n) is 8.23. The summed E-state index contributed by atoms with van der Waals surface area (Å²) in [6.45, 7) is 4.73. The van der Waals surface area contributed by atoms with Crippen LogP contribution in [0.1, 0.15) is 25.0 Å². The predicted molar refractivity (Wildman–Crippen MR) is 208 cm³/mol. The summed E-state index contributed by atoms with van der Waals surface area (Å²) in [6, 6.07) is 56.5. The first kappa shape index (κ1) is 28.7. The van der Waals surface area contributed by atoms with Crippen LogP contribution in [0.25, 0.3) is 83.2 Å². The van der Waals surface area contributed by atoms with Gasteiger partial charge in [-0.2, -0.15) is 0 Å². The van der Waals surface area contributed by atoms with Crippen molar-refractivity contribution in [2.45, 2.75) is 19.3 Å². The maximum Gasteiger partial charge on any atom is 0.137 e. The normalized spacial score (nSPS) is 13.2. The average molecular weight is 640 g/mol. The number of benzene rings is 6. The summed E-state index contributed by atoms with van der Waals surface area (Å²) in [4.78, 5) is 10.2. The van der Waals surface area contributed by atoms with Gasteiger partial charge in [-0.3, -0.25) is 4.57 Å². The van der Waals surface area contributed by atoms with Crippen LogP contribution in [-0.2, 0) is 5.41 Å². The summed E-state index contributed by atoms with van der Waals surface area (Å²) in [5, 5.41) is 5.03. The second kappa shape index (κ2) is 10.8.